The summed E-state index contributed by atoms with van der Waals surface area (Å²) in [6, 6.07) is 11.2. The Hall–Kier alpha value is -1.93. The number of benzene rings is 2. The number of carbonyl (C=O) groups is 1. The Balaban J connectivity index is 2.03. The van der Waals surface area contributed by atoms with E-state index < -0.39 is 0 Å². The average Bonchev–Trinajstić information content (AvgIpc) is 3.14. The highest BCUT2D eigenvalue weighted by molar-refractivity contribution is 8.00. The molecule has 0 aromatic heterocycles. The number of nitrogens with zero attached hydrogens (tertiary/aromatic N) is 2. The van der Waals surface area contributed by atoms with Gasteiger partial charge in [-0.25, -0.2) is 0 Å². The third kappa shape index (κ3) is 5.12. The standard InChI is InChI=1S/C23H29ClN2O4S/c1-5-22(25(6-2)11-12-27)30-20-10-8-17(29-4)14-18(20)23-26(15(3)28)19-9-7-16(24)13-21(19)31-23/h7-10,13-14,22-23,27H,5-6,11-12H2,1-4H3/t22-,23?/m0/s1. The van der Waals surface area contributed by atoms with Crippen LogP contribution in [-0.2, 0) is 4.79 Å². The van der Waals surface area contributed by atoms with Crippen LogP contribution in [0.15, 0.2) is 41.3 Å². The molecule has 1 unspecified atom stereocenters. The summed E-state index contributed by atoms with van der Waals surface area (Å²) in [5.74, 6) is 1.32. The summed E-state index contributed by atoms with van der Waals surface area (Å²) in [5.41, 5.74) is 1.69. The molecule has 31 heavy (non-hydrogen) atoms. The lowest BCUT2D eigenvalue weighted by Gasteiger charge is -2.32. The van der Waals surface area contributed by atoms with Crippen LogP contribution in [0.4, 0.5) is 5.69 Å². The van der Waals surface area contributed by atoms with Crippen LogP contribution in [0.25, 0.3) is 0 Å². The van der Waals surface area contributed by atoms with Crippen molar-refractivity contribution < 1.29 is 19.4 Å². The second-order valence-electron chi connectivity index (χ2n) is 7.21. The van der Waals surface area contributed by atoms with Crippen LogP contribution in [0, 0.1) is 0 Å². The van der Waals surface area contributed by atoms with Crippen molar-refractivity contribution in [2.75, 3.05) is 31.7 Å². The van der Waals surface area contributed by atoms with Crippen LogP contribution >= 0.6 is 23.4 Å². The van der Waals surface area contributed by atoms with Gasteiger partial charge in [-0.05, 0) is 49.4 Å². The number of ether oxygens (including phenoxy) is 2. The monoisotopic (exact) mass is 464 g/mol. The predicted octanol–water partition coefficient (Wildman–Crippen LogP) is 4.94. The first kappa shape index (κ1) is 23.7. The maximum Gasteiger partial charge on any atom is 0.225 e. The second-order valence-corrected chi connectivity index (χ2v) is 8.77. The topological polar surface area (TPSA) is 62.2 Å². The molecule has 1 aliphatic rings. The van der Waals surface area contributed by atoms with Crippen molar-refractivity contribution in [3.05, 3.63) is 47.0 Å². The smallest absolute Gasteiger partial charge is 0.225 e. The van der Waals surface area contributed by atoms with Gasteiger partial charge in [0.25, 0.3) is 0 Å². The van der Waals surface area contributed by atoms with Gasteiger partial charge in [0, 0.05) is 29.0 Å². The lowest BCUT2D eigenvalue weighted by atomic mass is 10.1. The zero-order chi connectivity index (χ0) is 22.5. The number of hydrogen-bond acceptors (Lipinski definition) is 6. The number of rotatable bonds is 9. The normalized spacial score (nSPS) is 16.4. The number of carbonyl (C=O) groups excluding carboxylic acids is 1. The Morgan fingerprint density at radius 3 is 2.68 bits per heavy atom. The number of hydrogen-bond donors (Lipinski definition) is 1. The third-order valence-electron chi connectivity index (χ3n) is 5.29. The third-order valence-corrected chi connectivity index (χ3v) is 6.79. The number of aliphatic hydroxyl groups excluding tert-OH is 1. The van der Waals surface area contributed by atoms with Gasteiger partial charge in [-0.15, -0.1) is 0 Å². The van der Waals surface area contributed by atoms with E-state index in [4.69, 9.17) is 21.1 Å². The van der Waals surface area contributed by atoms with Gasteiger partial charge < -0.3 is 14.6 Å². The maximum absolute atomic E-state index is 12.6. The fourth-order valence-corrected chi connectivity index (χ4v) is 5.41. The SMILES string of the molecule is CC[C@H](Oc1ccc(OC)cc1C1Sc2cc(Cl)ccc2N1C(C)=O)N(CC)CCO. The Morgan fingerprint density at radius 1 is 1.29 bits per heavy atom. The van der Waals surface area contributed by atoms with Gasteiger partial charge in [-0.3, -0.25) is 14.6 Å². The van der Waals surface area contributed by atoms with Crippen LogP contribution in [-0.4, -0.2) is 48.9 Å². The minimum Gasteiger partial charge on any atom is -0.497 e. The molecular weight excluding hydrogens is 436 g/mol. The van der Waals surface area contributed by atoms with Crippen LogP contribution in [0.5, 0.6) is 11.5 Å². The molecule has 3 rings (SSSR count). The van der Waals surface area contributed by atoms with Crippen molar-refractivity contribution in [1.82, 2.24) is 4.90 Å². The van der Waals surface area contributed by atoms with Crippen molar-refractivity contribution in [2.24, 2.45) is 0 Å². The van der Waals surface area contributed by atoms with E-state index >= 15 is 0 Å². The Bertz CT molecular complexity index is 926. The Morgan fingerprint density at radius 2 is 2.06 bits per heavy atom. The minimum absolute atomic E-state index is 0.0603. The Labute approximate surface area is 193 Å². The number of anilines is 1. The Kier molecular flexibility index (Phi) is 8.11. The molecule has 0 saturated carbocycles. The zero-order valence-electron chi connectivity index (χ0n) is 18.3. The zero-order valence-corrected chi connectivity index (χ0v) is 19.9. The lowest BCUT2D eigenvalue weighted by molar-refractivity contribution is -0.116. The molecular formula is C23H29ClN2O4S. The summed E-state index contributed by atoms with van der Waals surface area (Å²) < 4.78 is 11.9. The fourth-order valence-electron chi connectivity index (χ4n) is 3.77. The van der Waals surface area contributed by atoms with Gasteiger partial charge in [-0.2, -0.15) is 0 Å². The first-order chi connectivity index (χ1) is 14.9. The number of amides is 1. The van der Waals surface area contributed by atoms with Crippen molar-refractivity contribution in [3.63, 3.8) is 0 Å². The molecule has 1 aliphatic heterocycles. The summed E-state index contributed by atoms with van der Waals surface area (Å²) in [6.45, 7) is 7.01. The number of likely N-dealkylation sites (N-methyl/N-ethyl adjacent to an activating group) is 1. The molecule has 1 amide bonds. The van der Waals surface area contributed by atoms with Gasteiger partial charge in [-0.1, -0.05) is 37.2 Å². The first-order valence-electron chi connectivity index (χ1n) is 10.4. The summed E-state index contributed by atoms with van der Waals surface area (Å²) in [4.78, 5) is 17.4. The highest BCUT2D eigenvalue weighted by Gasteiger charge is 2.36. The van der Waals surface area contributed by atoms with Gasteiger partial charge in [0.2, 0.25) is 5.91 Å². The van der Waals surface area contributed by atoms with Crippen molar-refractivity contribution >= 4 is 35.0 Å². The molecule has 1 N–H and O–H groups in total. The van der Waals surface area contributed by atoms with Crippen LogP contribution in [0.3, 0.4) is 0 Å². The molecule has 2 atom stereocenters. The molecule has 168 valence electrons. The molecule has 2 aromatic rings. The second kappa shape index (κ2) is 10.6. The number of halogens is 1. The van der Waals surface area contributed by atoms with Crippen LogP contribution in [0.1, 0.15) is 38.1 Å². The van der Waals surface area contributed by atoms with E-state index in [0.29, 0.717) is 23.1 Å². The molecule has 0 radical (unpaired) electrons. The molecule has 1 heterocycles. The largest absolute Gasteiger partial charge is 0.497 e. The minimum atomic E-state index is -0.304. The number of fused-ring (bicyclic) bond motifs is 1. The van der Waals surface area contributed by atoms with E-state index in [1.807, 2.05) is 37.3 Å². The molecule has 0 aliphatic carbocycles. The van der Waals surface area contributed by atoms with E-state index in [1.54, 1.807) is 36.8 Å². The highest BCUT2D eigenvalue weighted by Crippen LogP contribution is 2.54. The molecule has 0 fully saturated rings. The molecule has 0 bridgehead atoms. The van der Waals surface area contributed by atoms with E-state index in [2.05, 4.69) is 11.8 Å². The van der Waals surface area contributed by atoms with E-state index in [0.717, 1.165) is 29.1 Å². The van der Waals surface area contributed by atoms with Crippen molar-refractivity contribution in [3.8, 4) is 11.5 Å². The van der Waals surface area contributed by atoms with Crippen molar-refractivity contribution in [1.29, 1.82) is 0 Å². The number of thioether (sulfide) groups is 1. The van der Waals surface area contributed by atoms with E-state index in [-0.39, 0.29) is 24.1 Å². The van der Waals surface area contributed by atoms with Gasteiger partial charge >= 0.3 is 0 Å². The molecule has 6 nitrogen and oxygen atoms in total. The first-order valence-corrected chi connectivity index (χ1v) is 11.6. The van der Waals surface area contributed by atoms with E-state index in [9.17, 15) is 9.90 Å². The van der Waals surface area contributed by atoms with Crippen LogP contribution < -0.4 is 14.4 Å². The predicted molar refractivity (Wildman–Crippen MR) is 125 cm³/mol. The van der Waals surface area contributed by atoms with Gasteiger partial charge in [0.1, 0.15) is 16.9 Å². The molecule has 0 saturated heterocycles. The summed E-state index contributed by atoms with van der Waals surface area (Å²) >= 11 is 7.77. The summed E-state index contributed by atoms with van der Waals surface area (Å²) in [6.07, 6.45) is 0.557. The fraction of sp³-hybridized carbons (Fsp3) is 0.435. The van der Waals surface area contributed by atoms with Gasteiger partial charge in [0.05, 0.1) is 19.4 Å². The average molecular weight is 465 g/mol. The van der Waals surface area contributed by atoms with Crippen LogP contribution in [0.2, 0.25) is 5.02 Å². The lowest BCUT2D eigenvalue weighted by Crippen LogP contribution is -2.41. The van der Waals surface area contributed by atoms with Gasteiger partial charge in [0.15, 0.2) is 6.23 Å². The molecule has 2 aromatic carbocycles. The summed E-state index contributed by atoms with van der Waals surface area (Å²) in [7, 11) is 1.62. The quantitative estimate of drug-likeness (QED) is 0.530. The summed E-state index contributed by atoms with van der Waals surface area (Å²) in [5, 5.41) is 9.75. The van der Waals surface area contributed by atoms with Crippen molar-refractivity contribution in [2.45, 2.75) is 43.7 Å². The van der Waals surface area contributed by atoms with E-state index in [1.165, 1.54) is 0 Å². The number of aliphatic hydroxyl groups is 1. The maximum atomic E-state index is 12.6. The molecule has 0 spiro atoms. The number of methoxy groups -OCH3 is 1. The highest BCUT2D eigenvalue weighted by atomic mass is 35.5. The molecule has 8 heteroatoms.